The number of piperidine rings is 1. The molecule has 1 aromatic heterocycles. The van der Waals surface area contributed by atoms with Crippen molar-refractivity contribution in [3.8, 4) is 0 Å². The van der Waals surface area contributed by atoms with Crippen LogP contribution in [0.4, 0.5) is 5.69 Å². The highest BCUT2D eigenvalue weighted by Gasteiger charge is 2.39. The number of rotatable bonds is 5. The average Bonchev–Trinajstić information content (AvgIpc) is 3.04. The minimum atomic E-state index is -0.358. The number of ether oxygens (including phenoxy) is 2. The van der Waals surface area contributed by atoms with E-state index in [-0.39, 0.29) is 11.7 Å². The predicted molar refractivity (Wildman–Crippen MR) is 87.6 cm³/mol. The minimum absolute atomic E-state index is 0.102. The molecule has 1 amide bonds. The number of carbonyl (C=O) groups is 1. The molecular weight excluding hydrogens is 294 g/mol. The zero-order valence-corrected chi connectivity index (χ0v) is 13.7. The number of aromatic nitrogens is 1. The lowest BCUT2D eigenvalue weighted by Crippen LogP contribution is -2.45. The van der Waals surface area contributed by atoms with Crippen LogP contribution < -0.4 is 10.2 Å². The van der Waals surface area contributed by atoms with E-state index >= 15 is 0 Å². The summed E-state index contributed by atoms with van der Waals surface area (Å²) in [6, 6.07) is 3.76. The molecule has 2 fully saturated rings. The van der Waals surface area contributed by atoms with E-state index in [9.17, 15) is 4.79 Å². The summed E-state index contributed by atoms with van der Waals surface area (Å²) in [6.45, 7) is 5.96. The monoisotopic (exact) mass is 319 g/mol. The van der Waals surface area contributed by atoms with Gasteiger partial charge in [-0.15, -0.1) is 0 Å². The maximum atomic E-state index is 12.0. The van der Waals surface area contributed by atoms with Crippen molar-refractivity contribution in [3.63, 3.8) is 0 Å². The number of nitrogens with one attached hydrogen (secondary N) is 1. The molecular formula is C17H25N3O3. The number of amides is 1. The number of nitrogens with zero attached hydrogens (tertiary/aromatic N) is 2. The van der Waals surface area contributed by atoms with Crippen LogP contribution in [0.2, 0.25) is 0 Å². The lowest BCUT2D eigenvalue weighted by atomic mass is 10.0. The molecule has 6 heteroatoms. The molecule has 0 atom stereocenters. The van der Waals surface area contributed by atoms with Crippen LogP contribution in [0.1, 0.15) is 43.1 Å². The summed E-state index contributed by atoms with van der Waals surface area (Å²) in [4.78, 5) is 18.5. The standard InChI is InChI=1S/C17H25N3O3/c1-2-3-8-18-16(21)15-5-4-14(13-19-15)20-9-6-17(7-10-20)22-11-12-23-17/h4-5,13H,2-3,6-12H2,1H3,(H,18,21). The van der Waals surface area contributed by atoms with Crippen LogP contribution in [0.5, 0.6) is 0 Å². The van der Waals surface area contributed by atoms with Gasteiger partial charge in [-0.25, -0.2) is 4.98 Å². The summed E-state index contributed by atoms with van der Waals surface area (Å²) in [5.41, 5.74) is 1.52. The first-order valence-electron chi connectivity index (χ1n) is 8.49. The van der Waals surface area contributed by atoms with E-state index in [0.29, 0.717) is 25.5 Å². The number of hydrogen-bond donors (Lipinski definition) is 1. The molecule has 0 aliphatic carbocycles. The highest BCUT2D eigenvalue weighted by Crippen LogP contribution is 2.32. The molecule has 1 spiro atoms. The third-order valence-corrected chi connectivity index (χ3v) is 4.50. The summed E-state index contributed by atoms with van der Waals surface area (Å²) in [5, 5.41) is 2.88. The van der Waals surface area contributed by atoms with Crippen molar-refractivity contribution in [2.24, 2.45) is 0 Å². The van der Waals surface area contributed by atoms with Gasteiger partial charge in [0.15, 0.2) is 5.79 Å². The molecule has 0 unspecified atom stereocenters. The Bertz CT molecular complexity index is 516. The Morgan fingerprint density at radius 1 is 1.30 bits per heavy atom. The van der Waals surface area contributed by atoms with Gasteiger partial charge in [0, 0.05) is 32.5 Å². The lowest BCUT2D eigenvalue weighted by Gasteiger charge is -2.38. The highest BCUT2D eigenvalue weighted by atomic mass is 16.7. The van der Waals surface area contributed by atoms with Crippen molar-refractivity contribution >= 4 is 11.6 Å². The first-order chi connectivity index (χ1) is 11.2. The zero-order valence-electron chi connectivity index (χ0n) is 13.7. The quantitative estimate of drug-likeness (QED) is 0.841. The molecule has 3 rings (SSSR count). The maximum Gasteiger partial charge on any atom is 0.269 e. The summed E-state index contributed by atoms with van der Waals surface area (Å²) >= 11 is 0. The summed E-state index contributed by atoms with van der Waals surface area (Å²) in [7, 11) is 0. The molecule has 0 aromatic carbocycles. The number of pyridine rings is 1. The third-order valence-electron chi connectivity index (χ3n) is 4.50. The first-order valence-corrected chi connectivity index (χ1v) is 8.49. The van der Waals surface area contributed by atoms with Gasteiger partial charge in [-0.05, 0) is 18.6 Å². The van der Waals surface area contributed by atoms with Gasteiger partial charge in [-0.3, -0.25) is 4.79 Å². The van der Waals surface area contributed by atoms with Crippen LogP contribution in [0.15, 0.2) is 18.3 Å². The second-order valence-corrected chi connectivity index (χ2v) is 6.11. The number of unbranched alkanes of at least 4 members (excludes halogenated alkanes) is 1. The summed E-state index contributed by atoms with van der Waals surface area (Å²) < 4.78 is 11.5. The smallest absolute Gasteiger partial charge is 0.269 e. The van der Waals surface area contributed by atoms with Crippen LogP contribution >= 0.6 is 0 Å². The van der Waals surface area contributed by atoms with Crippen LogP contribution in [0, 0.1) is 0 Å². The van der Waals surface area contributed by atoms with Crippen molar-refractivity contribution in [2.45, 2.75) is 38.4 Å². The fourth-order valence-corrected chi connectivity index (χ4v) is 3.07. The van der Waals surface area contributed by atoms with E-state index in [1.165, 1.54) is 0 Å². The number of anilines is 1. The molecule has 126 valence electrons. The molecule has 0 radical (unpaired) electrons. The van der Waals surface area contributed by atoms with E-state index in [4.69, 9.17) is 9.47 Å². The molecule has 3 heterocycles. The van der Waals surface area contributed by atoms with Gasteiger partial charge in [0.25, 0.3) is 5.91 Å². The zero-order chi connectivity index (χ0) is 16.1. The summed E-state index contributed by atoms with van der Waals surface area (Å²) in [5.74, 6) is -0.460. The predicted octanol–water partition coefficient (Wildman–Crippen LogP) is 1.95. The third kappa shape index (κ3) is 3.82. The van der Waals surface area contributed by atoms with Gasteiger partial charge in [-0.1, -0.05) is 13.3 Å². The van der Waals surface area contributed by atoms with Crippen molar-refractivity contribution in [1.29, 1.82) is 0 Å². The molecule has 6 nitrogen and oxygen atoms in total. The normalized spacial score (nSPS) is 20.0. The molecule has 2 aliphatic heterocycles. The second kappa shape index (κ2) is 7.27. The minimum Gasteiger partial charge on any atom is -0.370 e. The molecule has 0 saturated carbocycles. The molecule has 1 N–H and O–H groups in total. The van der Waals surface area contributed by atoms with Crippen LogP contribution in [0.3, 0.4) is 0 Å². The first kappa shape index (κ1) is 16.2. The van der Waals surface area contributed by atoms with Gasteiger partial charge in [-0.2, -0.15) is 0 Å². The van der Waals surface area contributed by atoms with E-state index in [0.717, 1.165) is 44.5 Å². The van der Waals surface area contributed by atoms with Gasteiger partial charge in [0.05, 0.1) is 25.1 Å². The SMILES string of the molecule is CCCCNC(=O)c1ccc(N2CCC3(CC2)OCCO3)cn1. The number of hydrogen-bond acceptors (Lipinski definition) is 5. The Balaban J connectivity index is 1.54. The Hall–Kier alpha value is -1.66. The fraction of sp³-hybridized carbons (Fsp3) is 0.647. The van der Waals surface area contributed by atoms with Gasteiger partial charge < -0.3 is 19.7 Å². The summed E-state index contributed by atoms with van der Waals surface area (Å²) in [6.07, 6.45) is 5.57. The van der Waals surface area contributed by atoms with Gasteiger partial charge in [0.1, 0.15) is 5.69 Å². The molecule has 1 aromatic rings. The molecule has 23 heavy (non-hydrogen) atoms. The largest absolute Gasteiger partial charge is 0.370 e. The van der Waals surface area contributed by atoms with Gasteiger partial charge >= 0.3 is 0 Å². The van der Waals surface area contributed by atoms with Crippen molar-refractivity contribution in [3.05, 3.63) is 24.0 Å². The lowest BCUT2D eigenvalue weighted by molar-refractivity contribution is -0.169. The Labute approximate surface area is 137 Å². The van der Waals surface area contributed by atoms with Crippen molar-refractivity contribution < 1.29 is 14.3 Å². The molecule has 2 aliphatic rings. The van der Waals surface area contributed by atoms with Gasteiger partial charge in [0.2, 0.25) is 0 Å². The van der Waals surface area contributed by atoms with Crippen LogP contribution in [-0.4, -0.2) is 49.5 Å². The second-order valence-electron chi connectivity index (χ2n) is 6.11. The molecule has 0 bridgehead atoms. The Morgan fingerprint density at radius 3 is 2.65 bits per heavy atom. The Morgan fingerprint density at radius 2 is 2.04 bits per heavy atom. The average molecular weight is 319 g/mol. The number of carbonyl (C=O) groups excluding carboxylic acids is 1. The Kier molecular flexibility index (Phi) is 5.13. The van der Waals surface area contributed by atoms with E-state index in [2.05, 4.69) is 22.1 Å². The van der Waals surface area contributed by atoms with E-state index < -0.39 is 0 Å². The van der Waals surface area contributed by atoms with Crippen molar-refractivity contribution in [2.75, 3.05) is 37.7 Å². The topological polar surface area (TPSA) is 63.7 Å². The van der Waals surface area contributed by atoms with Crippen molar-refractivity contribution in [1.82, 2.24) is 10.3 Å². The van der Waals surface area contributed by atoms with Crippen LogP contribution in [0.25, 0.3) is 0 Å². The molecule has 2 saturated heterocycles. The fourth-order valence-electron chi connectivity index (χ4n) is 3.07. The maximum absolute atomic E-state index is 12.0. The van der Waals surface area contributed by atoms with E-state index in [1.807, 2.05) is 6.07 Å². The van der Waals surface area contributed by atoms with Crippen LogP contribution in [-0.2, 0) is 9.47 Å². The van der Waals surface area contributed by atoms with E-state index in [1.54, 1.807) is 12.3 Å². The highest BCUT2D eigenvalue weighted by molar-refractivity contribution is 5.92.